The molecule has 6 heteroatoms. The normalized spacial score (nSPS) is 13.5. The summed E-state index contributed by atoms with van der Waals surface area (Å²) >= 11 is 0. The van der Waals surface area contributed by atoms with Crippen molar-refractivity contribution >= 4 is 12.2 Å². The third-order valence-corrected chi connectivity index (χ3v) is 2.42. The molecule has 0 saturated heterocycles. The topological polar surface area (TPSA) is 90.7 Å². The Morgan fingerprint density at radius 3 is 2.50 bits per heavy atom. The molecule has 0 aliphatic heterocycles. The lowest BCUT2D eigenvalue weighted by molar-refractivity contribution is 0.100. The van der Waals surface area contributed by atoms with Crippen LogP contribution in [0.1, 0.15) is 40.0 Å². The molecule has 0 heterocycles. The van der Waals surface area contributed by atoms with Gasteiger partial charge in [-0.05, 0) is 25.7 Å². The number of amides is 2. The molecule has 106 valence electrons. The van der Waals surface area contributed by atoms with Crippen LogP contribution in [-0.4, -0.2) is 31.4 Å². The number of carbonyl (C=O) groups excluding carboxylic acids is 2. The third kappa shape index (κ3) is 9.74. The molecule has 2 atom stereocenters. The molecule has 0 aromatic heterocycles. The number of rotatable bonds is 8. The molecule has 18 heavy (non-hydrogen) atoms. The number of carbonyl (C=O) groups is 2. The summed E-state index contributed by atoms with van der Waals surface area (Å²) in [7, 11) is 0. The van der Waals surface area contributed by atoms with Gasteiger partial charge >= 0.3 is 12.2 Å². The Morgan fingerprint density at radius 1 is 1.28 bits per heavy atom. The molecule has 2 amide bonds. The van der Waals surface area contributed by atoms with Gasteiger partial charge in [0.05, 0.1) is 6.61 Å². The van der Waals surface area contributed by atoms with E-state index in [9.17, 15) is 9.59 Å². The number of nitrogens with two attached hydrogens (primary N) is 1. The summed E-state index contributed by atoms with van der Waals surface area (Å²) in [4.78, 5) is 21.7. The summed E-state index contributed by atoms with van der Waals surface area (Å²) in [5.74, 6) is 0.144. The largest absolute Gasteiger partial charge is 0.449 e. The van der Waals surface area contributed by atoms with Crippen molar-refractivity contribution in [3.63, 3.8) is 0 Å². The Morgan fingerprint density at radius 2 is 1.94 bits per heavy atom. The van der Waals surface area contributed by atoms with Crippen LogP contribution in [-0.2, 0) is 9.47 Å². The average molecular weight is 260 g/mol. The van der Waals surface area contributed by atoms with E-state index in [1.54, 1.807) is 0 Å². The van der Waals surface area contributed by atoms with Crippen molar-refractivity contribution in [2.45, 2.75) is 46.1 Å². The van der Waals surface area contributed by atoms with Crippen molar-refractivity contribution in [3.8, 4) is 0 Å². The van der Waals surface area contributed by atoms with Crippen LogP contribution in [0.15, 0.2) is 0 Å². The van der Waals surface area contributed by atoms with Gasteiger partial charge in [-0.2, -0.15) is 0 Å². The second-order valence-corrected chi connectivity index (χ2v) is 4.46. The van der Waals surface area contributed by atoms with Crippen molar-refractivity contribution < 1.29 is 19.1 Å². The van der Waals surface area contributed by atoms with E-state index < -0.39 is 12.2 Å². The molecule has 3 N–H and O–H groups in total. The molecule has 0 aliphatic carbocycles. The summed E-state index contributed by atoms with van der Waals surface area (Å²) in [5.41, 5.74) is 4.85. The number of primary amides is 1. The van der Waals surface area contributed by atoms with E-state index in [-0.39, 0.29) is 18.6 Å². The van der Waals surface area contributed by atoms with Crippen LogP contribution >= 0.6 is 0 Å². The van der Waals surface area contributed by atoms with Gasteiger partial charge in [0.15, 0.2) is 0 Å². The van der Waals surface area contributed by atoms with Gasteiger partial charge in [-0.1, -0.05) is 20.3 Å². The molecule has 0 spiro atoms. The fourth-order valence-electron chi connectivity index (χ4n) is 1.42. The molecule has 0 saturated carbocycles. The molecule has 0 radical (unpaired) electrons. The molecule has 0 fully saturated rings. The van der Waals surface area contributed by atoms with E-state index in [1.165, 1.54) is 0 Å². The predicted octanol–water partition coefficient (Wildman–Crippen LogP) is 2.02. The maximum Gasteiger partial charge on any atom is 0.407 e. The zero-order valence-electron chi connectivity index (χ0n) is 11.4. The SMILES string of the molecule is CCCC(C)OC(=O)NCCC(C)COC(N)=O. The molecular weight excluding hydrogens is 236 g/mol. The lowest BCUT2D eigenvalue weighted by atomic mass is 10.1. The monoisotopic (exact) mass is 260 g/mol. The van der Waals surface area contributed by atoms with E-state index >= 15 is 0 Å². The van der Waals surface area contributed by atoms with E-state index in [0.717, 1.165) is 12.8 Å². The maximum absolute atomic E-state index is 11.3. The minimum atomic E-state index is -0.775. The highest BCUT2D eigenvalue weighted by molar-refractivity contribution is 5.67. The molecule has 0 rings (SSSR count). The van der Waals surface area contributed by atoms with Crippen molar-refractivity contribution in [1.82, 2.24) is 5.32 Å². The van der Waals surface area contributed by atoms with Crippen LogP contribution in [0, 0.1) is 5.92 Å². The van der Waals surface area contributed by atoms with Gasteiger partial charge in [0.25, 0.3) is 0 Å². The number of nitrogens with one attached hydrogen (secondary N) is 1. The van der Waals surface area contributed by atoms with Crippen molar-refractivity contribution in [2.24, 2.45) is 11.7 Å². The Balaban J connectivity index is 3.58. The average Bonchev–Trinajstić information content (AvgIpc) is 2.26. The lowest BCUT2D eigenvalue weighted by Crippen LogP contribution is -2.30. The molecule has 0 aliphatic rings. The highest BCUT2D eigenvalue weighted by Gasteiger charge is 2.09. The highest BCUT2D eigenvalue weighted by atomic mass is 16.6. The minimum Gasteiger partial charge on any atom is -0.449 e. The number of hydrogen-bond acceptors (Lipinski definition) is 4. The molecule has 0 aromatic carbocycles. The maximum atomic E-state index is 11.3. The van der Waals surface area contributed by atoms with Gasteiger partial charge in [0, 0.05) is 6.54 Å². The first-order valence-corrected chi connectivity index (χ1v) is 6.32. The first kappa shape index (κ1) is 16.5. The fraction of sp³-hybridized carbons (Fsp3) is 0.833. The van der Waals surface area contributed by atoms with Crippen molar-refractivity contribution in [2.75, 3.05) is 13.2 Å². The molecule has 6 nitrogen and oxygen atoms in total. The van der Waals surface area contributed by atoms with Gasteiger partial charge in [-0.3, -0.25) is 0 Å². The Labute approximate surface area is 108 Å². The first-order chi connectivity index (χ1) is 8.45. The summed E-state index contributed by atoms with van der Waals surface area (Å²) in [6.07, 6.45) is 1.30. The quantitative estimate of drug-likeness (QED) is 0.698. The van der Waals surface area contributed by atoms with Crippen LogP contribution in [0.3, 0.4) is 0 Å². The zero-order valence-corrected chi connectivity index (χ0v) is 11.4. The summed E-state index contributed by atoms with van der Waals surface area (Å²) in [5, 5.41) is 2.66. The standard InChI is InChI=1S/C12H24N2O4/c1-4-5-10(3)18-12(16)14-7-6-9(2)8-17-11(13)15/h9-10H,4-8H2,1-3H3,(H2,13,15)(H,14,16). The highest BCUT2D eigenvalue weighted by Crippen LogP contribution is 2.03. The molecular formula is C12H24N2O4. The molecule has 0 aromatic rings. The summed E-state index contributed by atoms with van der Waals surface area (Å²) in [6, 6.07) is 0. The number of ether oxygens (including phenoxy) is 2. The van der Waals surface area contributed by atoms with Crippen LogP contribution in [0.2, 0.25) is 0 Å². The van der Waals surface area contributed by atoms with Crippen LogP contribution in [0.5, 0.6) is 0 Å². The van der Waals surface area contributed by atoms with E-state index in [1.807, 2.05) is 20.8 Å². The van der Waals surface area contributed by atoms with Crippen molar-refractivity contribution in [1.29, 1.82) is 0 Å². The zero-order chi connectivity index (χ0) is 14.0. The van der Waals surface area contributed by atoms with Crippen molar-refractivity contribution in [3.05, 3.63) is 0 Å². The van der Waals surface area contributed by atoms with E-state index in [2.05, 4.69) is 10.1 Å². The van der Waals surface area contributed by atoms with Gasteiger partial charge in [-0.15, -0.1) is 0 Å². The smallest absolute Gasteiger partial charge is 0.407 e. The van der Waals surface area contributed by atoms with Crippen LogP contribution in [0.4, 0.5) is 9.59 Å². The summed E-state index contributed by atoms with van der Waals surface area (Å²) in [6.45, 7) is 6.57. The predicted molar refractivity (Wildman–Crippen MR) is 68.2 cm³/mol. The fourth-order valence-corrected chi connectivity index (χ4v) is 1.42. The summed E-state index contributed by atoms with van der Waals surface area (Å²) < 4.78 is 9.77. The second kappa shape index (κ2) is 9.56. The van der Waals surface area contributed by atoms with Gasteiger partial charge in [0.1, 0.15) is 6.10 Å². The second-order valence-electron chi connectivity index (χ2n) is 4.46. The third-order valence-electron chi connectivity index (χ3n) is 2.42. The van der Waals surface area contributed by atoms with Gasteiger partial charge in [-0.25, -0.2) is 9.59 Å². The van der Waals surface area contributed by atoms with E-state index in [0.29, 0.717) is 13.0 Å². The Bertz CT molecular complexity index is 258. The number of hydrogen-bond donors (Lipinski definition) is 2. The first-order valence-electron chi connectivity index (χ1n) is 6.32. The molecule has 0 bridgehead atoms. The minimum absolute atomic E-state index is 0.0642. The Kier molecular flexibility index (Phi) is 8.78. The lowest BCUT2D eigenvalue weighted by Gasteiger charge is -2.14. The number of alkyl carbamates (subject to hydrolysis) is 1. The molecule has 2 unspecified atom stereocenters. The Hall–Kier alpha value is -1.46. The van der Waals surface area contributed by atoms with Crippen LogP contribution in [0.25, 0.3) is 0 Å². The van der Waals surface area contributed by atoms with Gasteiger partial charge in [0.2, 0.25) is 0 Å². The van der Waals surface area contributed by atoms with Crippen LogP contribution < -0.4 is 11.1 Å². The van der Waals surface area contributed by atoms with E-state index in [4.69, 9.17) is 10.5 Å². The van der Waals surface area contributed by atoms with Gasteiger partial charge < -0.3 is 20.5 Å².